The maximum atomic E-state index is 12.5. The molecule has 10 heteroatoms. The molecule has 1 heterocycles. The number of hydrogen-bond donors (Lipinski definition) is 1. The van der Waals surface area contributed by atoms with Crippen molar-refractivity contribution in [3.8, 4) is 0 Å². The molecule has 1 saturated heterocycles. The predicted octanol–water partition coefficient (Wildman–Crippen LogP) is 1.62. The summed E-state index contributed by atoms with van der Waals surface area (Å²) < 4.78 is 52.1. The summed E-state index contributed by atoms with van der Waals surface area (Å²) in [6, 6.07) is 12.0. The zero-order chi connectivity index (χ0) is 19.8. The molecule has 0 spiro atoms. The SMILES string of the molecule is CN(C)c1ccc(NS(=O)(=O)c2ccc(N3C(=O)CCS3(=O)=O)cc2)cc1. The summed E-state index contributed by atoms with van der Waals surface area (Å²) in [4.78, 5) is 13.7. The molecule has 0 bridgehead atoms. The van der Waals surface area contributed by atoms with E-state index in [9.17, 15) is 21.6 Å². The summed E-state index contributed by atoms with van der Waals surface area (Å²) in [6.07, 6.45) is -0.0765. The van der Waals surface area contributed by atoms with Crippen molar-refractivity contribution in [1.82, 2.24) is 0 Å². The third kappa shape index (κ3) is 3.91. The first-order valence-electron chi connectivity index (χ1n) is 8.06. The second kappa shape index (κ2) is 6.86. The molecule has 0 unspecified atom stereocenters. The van der Waals surface area contributed by atoms with Gasteiger partial charge in [-0.2, -0.15) is 0 Å². The van der Waals surface area contributed by atoms with Crippen molar-refractivity contribution >= 4 is 43.0 Å². The first-order valence-corrected chi connectivity index (χ1v) is 11.2. The highest BCUT2D eigenvalue weighted by molar-refractivity contribution is 7.94. The van der Waals surface area contributed by atoms with Gasteiger partial charge in [0.2, 0.25) is 15.9 Å². The van der Waals surface area contributed by atoms with E-state index in [4.69, 9.17) is 0 Å². The first-order chi connectivity index (χ1) is 12.6. The highest BCUT2D eigenvalue weighted by atomic mass is 32.2. The van der Waals surface area contributed by atoms with E-state index in [2.05, 4.69) is 4.72 Å². The molecule has 1 N–H and O–H groups in total. The number of carbonyl (C=O) groups excluding carboxylic acids is 1. The Hall–Kier alpha value is -2.59. The van der Waals surface area contributed by atoms with Gasteiger partial charge >= 0.3 is 0 Å². The van der Waals surface area contributed by atoms with Gasteiger partial charge in [-0.05, 0) is 48.5 Å². The Labute approximate surface area is 158 Å². The topological polar surface area (TPSA) is 104 Å². The van der Waals surface area contributed by atoms with E-state index >= 15 is 0 Å². The van der Waals surface area contributed by atoms with Crippen molar-refractivity contribution in [1.29, 1.82) is 0 Å². The number of amides is 1. The molecule has 1 aliphatic heterocycles. The Balaban J connectivity index is 1.82. The zero-order valence-corrected chi connectivity index (χ0v) is 16.4. The van der Waals surface area contributed by atoms with Crippen LogP contribution in [0.3, 0.4) is 0 Å². The average molecular weight is 409 g/mol. The summed E-state index contributed by atoms with van der Waals surface area (Å²) in [5.74, 6) is -0.763. The lowest BCUT2D eigenvalue weighted by Crippen LogP contribution is -2.29. The van der Waals surface area contributed by atoms with Gasteiger partial charge in [-0.1, -0.05) is 0 Å². The quantitative estimate of drug-likeness (QED) is 0.805. The summed E-state index contributed by atoms with van der Waals surface area (Å²) >= 11 is 0. The molecule has 3 rings (SSSR count). The van der Waals surface area contributed by atoms with Crippen LogP contribution in [0.25, 0.3) is 0 Å². The van der Waals surface area contributed by atoms with Crippen LogP contribution in [0.15, 0.2) is 53.4 Å². The van der Waals surface area contributed by atoms with E-state index < -0.39 is 26.0 Å². The van der Waals surface area contributed by atoms with Crippen molar-refractivity contribution in [3.63, 3.8) is 0 Å². The first kappa shape index (κ1) is 19.2. The molecule has 0 saturated carbocycles. The van der Waals surface area contributed by atoms with Crippen LogP contribution in [-0.2, 0) is 24.8 Å². The molecule has 27 heavy (non-hydrogen) atoms. The van der Waals surface area contributed by atoms with Crippen LogP contribution in [0, 0.1) is 0 Å². The molecule has 0 aromatic heterocycles. The number of carbonyl (C=O) groups is 1. The van der Waals surface area contributed by atoms with Crippen molar-refractivity contribution in [2.24, 2.45) is 0 Å². The fourth-order valence-corrected chi connectivity index (χ4v) is 5.19. The number of anilines is 3. The van der Waals surface area contributed by atoms with Gasteiger partial charge in [-0.3, -0.25) is 9.52 Å². The largest absolute Gasteiger partial charge is 0.378 e. The van der Waals surface area contributed by atoms with Crippen LogP contribution in [0.4, 0.5) is 17.1 Å². The van der Waals surface area contributed by atoms with E-state index in [1.807, 2.05) is 19.0 Å². The van der Waals surface area contributed by atoms with E-state index in [0.717, 1.165) is 9.99 Å². The fourth-order valence-electron chi connectivity index (χ4n) is 2.67. The number of nitrogens with zero attached hydrogens (tertiary/aromatic N) is 2. The Morgan fingerprint density at radius 3 is 2.07 bits per heavy atom. The third-order valence-electron chi connectivity index (χ3n) is 4.10. The third-order valence-corrected chi connectivity index (χ3v) is 7.18. The normalized spacial score (nSPS) is 16.4. The van der Waals surface area contributed by atoms with Crippen LogP contribution in [0.1, 0.15) is 6.42 Å². The molecule has 1 aliphatic rings. The van der Waals surface area contributed by atoms with Crippen LogP contribution in [0.5, 0.6) is 0 Å². The lowest BCUT2D eigenvalue weighted by Gasteiger charge is -2.16. The van der Waals surface area contributed by atoms with E-state index in [1.165, 1.54) is 24.3 Å². The van der Waals surface area contributed by atoms with Crippen molar-refractivity contribution in [3.05, 3.63) is 48.5 Å². The van der Waals surface area contributed by atoms with Crippen molar-refractivity contribution in [2.75, 3.05) is 33.8 Å². The highest BCUT2D eigenvalue weighted by Crippen LogP contribution is 2.27. The van der Waals surface area contributed by atoms with Gasteiger partial charge in [0.05, 0.1) is 16.3 Å². The molecule has 1 fully saturated rings. The molecular formula is C17H19N3O5S2. The number of benzene rings is 2. The fraction of sp³-hybridized carbons (Fsp3) is 0.235. The molecular weight excluding hydrogens is 390 g/mol. The van der Waals surface area contributed by atoms with Crippen LogP contribution >= 0.6 is 0 Å². The average Bonchev–Trinajstić information content (AvgIpc) is 2.88. The minimum atomic E-state index is -3.85. The second-order valence-electron chi connectivity index (χ2n) is 6.26. The number of hydrogen-bond acceptors (Lipinski definition) is 6. The lowest BCUT2D eigenvalue weighted by molar-refractivity contribution is -0.116. The zero-order valence-electron chi connectivity index (χ0n) is 14.8. The minimum absolute atomic E-state index is 0.0352. The summed E-state index contributed by atoms with van der Waals surface area (Å²) in [5.41, 5.74) is 1.47. The lowest BCUT2D eigenvalue weighted by atomic mass is 10.3. The molecule has 2 aromatic rings. The molecule has 0 atom stereocenters. The summed E-state index contributed by atoms with van der Waals surface area (Å²) in [7, 11) is -3.77. The molecule has 0 radical (unpaired) electrons. The molecule has 8 nitrogen and oxygen atoms in total. The van der Waals surface area contributed by atoms with E-state index in [0.29, 0.717) is 5.69 Å². The second-order valence-corrected chi connectivity index (χ2v) is 9.88. The number of rotatable bonds is 5. The standard InChI is InChI=1S/C17H19N3O5S2/c1-19(2)14-5-3-13(4-6-14)18-27(24,25)16-9-7-15(8-10-16)20-17(21)11-12-26(20,22)23/h3-10,18H,11-12H2,1-2H3. The highest BCUT2D eigenvalue weighted by Gasteiger charge is 2.36. The Morgan fingerprint density at radius 2 is 1.59 bits per heavy atom. The monoisotopic (exact) mass is 409 g/mol. The van der Waals surface area contributed by atoms with Gasteiger partial charge < -0.3 is 4.90 Å². The molecule has 0 aliphatic carbocycles. The Bertz CT molecular complexity index is 1060. The van der Waals surface area contributed by atoms with Crippen molar-refractivity contribution in [2.45, 2.75) is 11.3 Å². The predicted molar refractivity (Wildman–Crippen MR) is 104 cm³/mol. The Morgan fingerprint density at radius 1 is 1.00 bits per heavy atom. The van der Waals surface area contributed by atoms with Gasteiger partial charge in [0.15, 0.2) is 0 Å². The van der Waals surface area contributed by atoms with Gasteiger partial charge in [-0.15, -0.1) is 0 Å². The molecule has 144 valence electrons. The van der Waals surface area contributed by atoms with Crippen LogP contribution in [0.2, 0.25) is 0 Å². The van der Waals surface area contributed by atoms with E-state index in [1.54, 1.807) is 24.3 Å². The number of nitrogens with one attached hydrogen (secondary N) is 1. The minimum Gasteiger partial charge on any atom is -0.378 e. The van der Waals surface area contributed by atoms with Gasteiger partial charge in [0.1, 0.15) is 0 Å². The summed E-state index contributed by atoms with van der Waals surface area (Å²) in [6.45, 7) is 0. The van der Waals surface area contributed by atoms with Crippen LogP contribution in [-0.4, -0.2) is 42.6 Å². The van der Waals surface area contributed by atoms with Gasteiger partial charge in [0, 0.05) is 31.9 Å². The van der Waals surface area contributed by atoms with Gasteiger partial charge in [0.25, 0.3) is 10.0 Å². The summed E-state index contributed by atoms with van der Waals surface area (Å²) in [5, 5.41) is 0. The molecule has 2 aromatic carbocycles. The molecule has 1 amide bonds. The van der Waals surface area contributed by atoms with Crippen LogP contribution < -0.4 is 13.9 Å². The Kier molecular flexibility index (Phi) is 4.87. The maximum absolute atomic E-state index is 12.5. The number of sulfonamides is 2. The van der Waals surface area contributed by atoms with Crippen molar-refractivity contribution < 1.29 is 21.6 Å². The van der Waals surface area contributed by atoms with Gasteiger partial charge in [-0.25, -0.2) is 21.1 Å². The smallest absolute Gasteiger partial charge is 0.261 e. The maximum Gasteiger partial charge on any atom is 0.261 e. The van der Waals surface area contributed by atoms with E-state index in [-0.39, 0.29) is 22.8 Å².